The summed E-state index contributed by atoms with van der Waals surface area (Å²) in [7, 11) is 0. The summed E-state index contributed by atoms with van der Waals surface area (Å²) in [6, 6.07) is 2.36. The van der Waals surface area contributed by atoms with Crippen molar-refractivity contribution in [1.82, 2.24) is 10.6 Å². The van der Waals surface area contributed by atoms with Crippen LogP contribution in [0.4, 0.5) is 0 Å². The summed E-state index contributed by atoms with van der Waals surface area (Å²) in [5.41, 5.74) is 0.341. The lowest BCUT2D eigenvalue weighted by Gasteiger charge is -2.34. The number of rotatable bonds is 0. The van der Waals surface area contributed by atoms with E-state index in [2.05, 4.69) is 16.7 Å². The Hall–Kier alpha value is -0.630. The van der Waals surface area contributed by atoms with E-state index < -0.39 is 0 Å². The zero-order valence-electron chi connectivity index (χ0n) is 7.77. The van der Waals surface area contributed by atoms with Gasteiger partial charge < -0.3 is 10.8 Å². The fourth-order valence-electron chi connectivity index (χ4n) is 2.27. The van der Waals surface area contributed by atoms with E-state index in [9.17, 15) is 0 Å². The van der Waals surface area contributed by atoms with Gasteiger partial charge in [-0.05, 0) is 25.7 Å². The molecule has 2 fully saturated rings. The molecule has 4 heteroatoms. The van der Waals surface area contributed by atoms with Crippen molar-refractivity contribution in [2.45, 2.75) is 31.2 Å². The second-order valence-corrected chi connectivity index (χ2v) is 3.96. The van der Waals surface area contributed by atoms with Crippen molar-refractivity contribution in [1.29, 1.82) is 5.26 Å². The Balaban J connectivity index is 0.000000845. The standard InChI is InChI=1S/C9H15N3.H2O/c10-5-8-1-3-9(4-2-8)6-11-7-12-9;/h8,11-12H,1-4,6-7H2;1H2. The van der Waals surface area contributed by atoms with Crippen LogP contribution in [0.1, 0.15) is 25.7 Å². The molecule has 1 saturated heterocycles. The summed E-state index contributed by atoms with van der Waals surface area (Å²) in [6.07, 6.45) is 4.48. The molecule has 2 rings (SSSR count). The van der Waals surface area contributed by atoms with E-state index in [0.29, 0.717) is 11.5 Å². The first-order valence-electron chi connectivity index (χ1n) is 4.70. The molecule has 1 aliphatic heterocycles. The van der Waals surface area contributed by atoms with Gasteiger partial charge in [0.15, 0.2) is 0 Å². The molecule has 0 aromatic heterocycles. The number of hydrogen-bond acceptors (Lipinski definition) is 3. The van der Waals surface area contributed by atoms with Crippen LogP contribution in [0.5, 0.6) is 0 Å². The van der Waals surface area contributed by atoms with E-state index in [-0.39, 0.29) is 5.48 Å². The van der Waals surface area contributed by atoms with Crippen LogP contribution in [0, 0.1) is 17.2 Å². The molecule has 0 aromatic rings. The molecule has 0 amide bonds. The van der Waals surface area contributed by atoms with Crippen molar-refractivity contribution in [3.8, 4) is 6.07 Å². The fourth-order valence-corrected chi connectivity index (χ4v) is 2.27. The molecule has 2 aliphatic rings. The van der Waals surface area contributed by atoms with Gasteiger partial charge in [-0.1, -0.05) is 0 Å². The minimum atomic E-state index is 0. The highest BCUT2D eigenvalue weighted by atomic mass is 16.0. The molecule has 13 heavy (non-hydrogen) atoms. The van der Waals surface area contributed by atoms with Crippen LogP contribution >= 0.6 is 0 Å². The second kappa shape index (κ2) is 4.05. The zero-order valence-corrected chi connectivity index (χ0v) is 7.77. The number of nitrogens with zero attached hydrogens (tertiary/aromatic N) is 1. The van der Waals surface area contributed by atoms with Gasteiger partial charge in [-0.2, -0.15) is 5.26 Å². The summed E-state index contributed by atoms with van der Waals surface area (Å²) in [6.45, 7) is 2.03. The molecule has 4 N–H and O–H groups in total. The first kappa shape index (κ1) is 10.5. The minimum absolute atomic E-state index is 0. The van der Waals surface area contributed by atoms with Crippen LogP contribution < -0.4 is 10.6 Å². The van der Waals surface area contributed by atoms with E-state index in [0.717, 1.165) is 38.9 Å². The Morgan fingerprint density at radius 3 is 2.46 bits per heavy atom. The van der Waals surface area contributed by atoms with Crippen LogP contribution in [0.25, 0.3) is 0 Å². The molecule has 1 saturated carbocycles. The lowest BCUT2D eigenvalue weighted by Crippen LogP contribution is -2.45. The summed E-state index contributed by atoms with van der Waals surface area (Å²) in [5.74, 6) is 0.318. The molecule has 1 spiro atoms. The predicted octanol–water partition coefficient (Wildman–Crippen LogP) is -0.235. The van der Waals surface area contributed by atoms with Gasteiger partial charge in [0.05, 0.1) is 6.07 Å². The third-order valence-electron chi connectivity index (χ3n) is 3.18. The highest BCUT2D eigenvalue weighted by Crippen LogP contribution is 2.32. The number of hydrogen-bond donors (Lipinski definition) is 2. The smallest absolute Gasteiger partial charge is 0.0655 e. The zero-order chi connectivity index (χ0) is 8.44. The molecule has 74 valence electrons. The van der Waals surface area contributed by atoms with Crippen molar-refractivity contribution in [3.05, 3.63) is 0 Å². The third kappa shape index (κ3) is 1.99. The molecule has 1 heterocycles. The summed E-state index contributed by atoms with van der Waals surface area (Å²) < 4.78 is 0. The first-order chi connectivity index (χ1) is 5.85. The maximum Gasteiger partial charge on any atom is 0.0655 e. The number of nitriles is 1. The summed E-state index contributed by atoms with van der Waals surface area (Å²) in [4.78, 5) is 0. The summed E-state index contributed by atoms with van der Waals surface area (Å²) >= 11 is 0. The monoisotopic (exact) mass is 183 g/mol. The van der Waals surface area contributed by atoms with Crippen molar-refractivity contribution in [2.24, 2.45) is 5.92 Å². The van der Waals surface area contributed by atoms with E-state index in [4.69, 9.17) is 5.26 Å². The maximum absolute atomic E-state index is 8.74. The fraction of sp³-hybridized carbons (Fsp3) is 0.889. The van der Waals surface area contributed by atoms with Crippen molar-refractivity contribution in [2.75, 3.05) is 13.2 Å². The van der Waals surface area contributed by atoms with E-state index in [1.165, 1.54) is 0 Å². The quantitative estimate of drug-likeness (QED) is 0.544. The van der Waals surface area contributed by atoms with Gasteiger partial charge in [-0.15, -0.1) is 0 Å². The topological polar surface area (TPSA) is 79.3 Å². The minimum Gasteiger partial charge on any atom is -0.412 e. The average molecular weight is 183 g/mol. The summed E-state index contributed by atoms with van der Waals surface area (Å²) in [5, 5.41) is 15.6. The SMILES string of the molecule is N#CC1CCC2(CC1)CNCN2.O. The molecule has 0 bridgehead atoms. The molecule has 0 atom stereocenters. The van der Waals surface area contributed by atoms with Crippen LogP contribution in [0.15, 0.2) is 0 Å². The van der Waals surface area contributed by atoms with E-state index in [1.54, 1.807) is 0 Å². The lowest BCUT2D eigenvalue weighted by molar-refractivity contribution is 0.250. The lowest BCUT2D eigenvalue weighted by atomic mass is 9.77. The van der Waals surface area contributed by atoms with E-state index in [1.807, 2.05) is 0 Å². The largest absolute Gasteiger partial charge is 0.412 e. The van der Waals surface area contributed by atoms with Crippen molar-refractivity contribution >= 4 is 0 Å². The van der Waals surface area contributed by atoms with Gasteiger partial charge in [0, 0.05) is 24.7 Å². The van der Waals surface area contributed by atoms with Crippen LogP contribution in [-0.2, 0) is 0 Å². The number of nitrogens with one attached hydrogen (secondary N) is 2. The highest BCUT2D eigenvalue weighted by molar-refractivity contribution is 5.01. The van der Waals surface area contributed by atoms with Gasteiger partial charge in [0.1, 0.15) is 0 Å². The Kier molecular flexibility index (Phi) is 3.26. The van der Waals surface area contributed by atoms with Crippen molar-refractivity contribution in [3.63, 3.8) is 0 Å². The van der Waals surface area contributed by atoms with Gasteiger partial charge in [-0.3, -0.25) is 5.32 Å². The predicted molar refractivity (Wildman–Crippen MR) is 49.9 cm³/mol. The molecule has 4 nitrogen and oxygen atoms in total. The van der Waals surface area contributed by atoms with Crippen molar-refractivity contribution < 1.29 is 5.48 Å². The molecule has 0 aromatic carbocycles. The molecular weight excluding hydrogens is 166 g/mol. The van der Waals surface area contributed by atoms with Gasteiger partial charge in [0.25, 0.3) is 0 Å². The van der Waals surface area contributed by atoms with Gasteiger partial charge in [0.2, 0.25) is 0 Å². The molecule has 0 radical (unpaired) electrons. The Bertz CT molecular complexity index is 195. The molecule has 1 aliphatic carbocycles. The maximum atomic E-state index is 8.74. The Labute approximate surface area is 78.6 Å². The highest BCUT2D eigenvalue weighted by Gasteiger charge is 2.37. The average Bonchev–Trinajstić information content (AvgIpc) is 2.55. The van der Waals surface area contributed by atoms with Gasteiger partial charge in [-0.25, -0.2) is 0 Å². The molecule has 0 unspecified atom stereocenters. The normalized spacial score (nSPS) is 38.2. The van der Waals surface area contributed by atoms with Crippen LogP contribution in [0.3, 0.4) is 0 Å². The third-order valence-corrected chi connectivity index (χ3v) is 3.18. The first-order valence-corrected chi connectivity index (χ1v) is 4.70. The second-order valence-electron chi connectivity index (χ2n) is 3.96. The van der Waals surface area contributed by atoms with E-state index >= 15 is 0 Å². The van der Waals surface area contributed by atoms with Gasteiger partial charge >= 0.3 is 0 Å². The van der Waals surface area contributed by atoms with Crippen LogP contribution in [-0.4, -0.2) is 24.2 Å². The Morgan fingerprint density at radius 1 is 1.31 bits per heavy atom. The Morgan fingerprint density at radius 2 is 2.00 bits per heavy atom. The van der Waals surface area contributed by atoms with Crippen LogP contribution in [0.2, 0.25) is 0 Å². The molecular formula is C9H17N3O.